The first-order valence-corrected chi connectivity index (χ1v) is 6.38. The zero-order chi connectivity index (χ0) is 12.8. The maximum absolute atomic E-state index is 13.4. The Hall–Kier alpha value is -1.58. The summed E-state index contributed by atoms with van der Waals surface area (Å²) in [5.41, 5.74) is 0.680. The van der Waals surface area contributed by atoms with Crippen LogP contribution in [0.1, 0.15) is 25.3 Å². The van der Waals surface area contributed by atoms with E-state index >= 15 is 0 Å². The van der Waals surface area contributed by atoms with Gasteiger partial charge in [-0.2, -0.15) is 0 Å². The van der Waals surface area contributed by atoms with Gasteiger partial charge in [0.25, 0.3) is 0 Å². The van der Waals surface area contributed by atoms with E-state index in [2.05, 4.69) is 5.32 Å². The van der Waals surface area contributed by atoms with Crippen molar-refractivity contribution >= 4 is 5.91 Å². The largest absolute Gasteiger partial charge is 0.493 e. The Kier molecular flexibility index (Phi) is 2.54. The molecule has 1 amide bonds. The summed E-state index contributed by atoms with van der Waals surface area (Å²) in [6.45, 7) is 3.15. The summed E-state index contributed by atoms with van der Waals surface area (Å²) in [4.78, 5) is 11.9. The Morgan fingerprint density at radius 2 is 2.44 bits per heavy atom. The lowest BCUT2D eigenvalue weighted by Gasteiger charge is -2.26. The highest BCUT2D eigenvalue weighted by Crippen LogP contribution is 2.60. The van der Waals surface area contributed by atoms with Gasteiger partial charge in [0.1, 0.15) is 11.6 Å². The van der Waals surface area contributed by atoms with Gasteiger partial charge in [0, 0.05) is 23.4 Å². The van der Waals surface area contributed by atoms with Crippen LogP contribution in [0.3, 0.4) is 0 Å². The molecule has 4 heteroatoms. The summed E-state index contributed by atoms with van der Waals surface area (Å²) < 4.78 is 18.9. The van der Waals surface area contributed by atoms with Crippen molar-refractivity contribution in [2.75, 3.05) is 13.2 Å². The molecule has 0 bridgehead atoms. The van der Waals surface area contributed by atoms with Crippen LogP contribution >= 0.6 is 0 Å². The molecule has 0 unspecified atom stereocenters. The maximum Gasteiger partial charge on any atom is 0.224 e. The molecule has 1 spiro atoms. The second-order valence-corrected chi connectivity index (χ2v) is 5.05. The van der Waals surface area contributed by atoms with Crippen molar-refractivity contribution in [1.29, 1.82) is 0 Å². The molecule has 0 aromatic heterocycles. The van der Waals surface area contributed by atoms with Gasteiger partial charge in [0.2, 0.25) is 5.91 Å². The highest BCUT2D eigenvalue weighted by atomic mass is 19.1. The number of carbonyl (C=O) groups excluding carboxylic acids is 1. The zero-order valence-corrected chi connectivity index (χ0v) is 10.3. The number of rotatable bonds is 2. The van der Waals surface area contributed by atoms with Crippen LogP contribution in [0.5, 0.6) is 5.75 Å². The number of ether oxygens (including phenoxy) is 1. The molecule has 1 aromatic carbocycles. The van der Waals surface area contributed by atoms with Crippen LogP contribution in [0.4, 0.5) is 4.39 Å². The molecule has 1 heterocycles. The number of benzene rings is 1. The number of hydrogen-bond donors (Lipinski definition) is 1. The van der Waals surface area contributed by atoms with E-state index in [1.54, 1.807) is 6.07 Å². The van der Waals surface area contributed by atoms with Crippen LogP contribution in [-0.2, 0) is 10.2 Å². The van der Waals surface area contributed by atoms with Gasteiger partial charge in [-0.25, -0.2) is 4.39 Å². The molecule has 3 rings (SSSR count). The first-order chi connectivity index (χ1) is 8.67. The highest BCUT2D eigenvalue weighted by molar-refractivity contribution is 5.84. The predicted molar refractivity (Wildman–Crippen MR) is 65.0 cm³/mol. The molecule has 1 N–H and O–H groups in total. The van der Waals surface area contributed by atoms with E-state index in [9.17, 15) is 9.18 Å². The smallest absolute Gasteiger partial charge is 0.224 e. The fourth-order valence-corrected chi connectivity index (χ4v) is 3.02. The first kappa shape index (κ1) is 11.5. The van der Waals surface area contributed by atoms with Crippen molar-refractivity contribution in [3.05, 3.63) is 29.6 Å². The van der Waals surface area contributed by atoms with Crippen LogP contribution in [0, 0.1) is 11.7 Å². The van der Waals surface area contributed by atoms with Gasteiger partial charge in [-0.3, -0.25) is 4.79 Å². The molecule has 1 aliphatic heterocycles. The van der Waals surface area contributed by atoms with Crippen molar-refractivity contribution in [3.63, 3.8) is 0 Å². The molecule has 0 saturated heterocycles. The Bertz CT molecular complexity index is 503. The van der Waals surface area contributed by atoms with Crippen LogP contribution in [0.15, 0.2) is 18.2 Å². The number of hydrogen-bond acceptors (Lipinski definition) is 2. The van der Waals surface area contributed by atoms with Gasteiger partial charge in [-0.15, -0.1) is 0 Å². The molecule has 2 atom stereocenters. The number of amides is 1. The fourth-order valence-electron chi connectivity index (χ4n) is 3.02. The monoisotopic (exact) mass is 249 g/mol. The molecule has 1 aliphatic carbocycles. The van der Waals surface area contributed by atoms with Crippen molar-refractivity contribution < 1.29 is 13.9 Å². The second-order valence-electron chi connectivity index (χ2n) is 5.05. The van der Waals surface area contributed by atoms with Crippen LogP contribution in [0.25, 0.3) is 0 Å². The Morgan fingerprint density at radius 3 is 3.22 bits per heavy atom. The summed E-state index contributed by atoms with van der Waals surface area (Å²) in [5, 5.41) is 2.85. The summed E-state index contributed by atoms with van der Waals surface area (Å²) in [6, 6.07) is 4.59. The highest BCUT2D eigenvalue weighted by Gasteiger charge is 2.61. The molecular formula is C14H16FNO2. The molecule has 2 aliphatic rings. The van der Waals surface area contributed by atoms with Crippen molar-refractivity contribution in [2.24, 2.45) is 5.92 Å². The van der Waals surface area contributed by atoms with Crippen LogP contribution in [-0.4, -0.2) is 19.1 Å². The third kappa shape index (κ3) is 1.59. The standard InChI is InChI=1S/C14H16FNO2/c1-2-16-13(17)11-8-14(11)5-6-18-12-4-3-9(15)7-10(12)14/h3-4,7,11H,2,5-6,8H2,1H3,(H,16,17)/t11-,14-/m1/s1. The normalized spacial score (nSPS) is 28.4. The molecule has 1 aromatic rings. The van der Waals surface area contributed by atoms with Gasteiger partial charge in [-0.05, 0) is 38.0 Å². The second kappa shape index (κ2) is 3.97. The predicted octanol–water partition coefficient (Wildman–Crippen LogP) is 2.00. The van der Waals surface area contributed by atoms with Gasteiger partial charge in [0.05, 0.1) is 6.61 Å². The Morgan fingerprint density at radius 1 is 1.61 bits per heavy atom. The molecular weight excluding hydrogens is 233 g/mol. The van der Waals surface area contributed by atoms with E-state index in [0.717, 1.165) is 24.2 Å². The van der Waals surface area contributed by atoms with E-state index in [-0.39, 0.29) is 23.1 Å². The minimum absolute atomic E-state index is 0.0260. The Balaban J connectivity index is 1.93. The van der Waals surface area contributed by atoms with Crippen molar-refractivity contribution in [3.8, 4) is 5.75 Å². The number of halogens is 1. The van der Waals surface area contributed by atoms with Crippen molar-refractivity contribution in [1.82, 2.24) is 5.32 Å². The molecule has 1 saturated carbocycles. The molecule has 1 fully saturated rings. The topological polar surface area (TPSA) is 38.3 Å². The van der Waals surface area contributed by atoms with E-state index in [1.807, 2.05) is 6.92 Å². The van der Waals surface area contributed by atoms with Gasteiger partial charge in [0.15, 0.2) is 0 Å². The quantitative estimate of drug-likeness (QED) is 0.870. The SMILES string of the molecule is CCNC(=O)[C@H]1C[C@@]12CCOc1ccc(F)cc12. The zero-order valence-electron chi connectivity index (χ0n) is 10.3. The summed E-state index contributed by atoms with van der Waals surface area (Å²) in [6.07, 6.45) is 1.60. The Labute approximate surface area is 105 Å². The minimum atomic E-state index is -0.264. The third-order valence-corrected chi connectivity index (χ3v) is 4.03. The third-order valence-electron chi connectivity index (χ3n) is 4.03. The number of carbonyl (C=O) groups is 1. The van der Waals surface area contributed by atoms with Crippen LogP contribution < -0.4 is 10.1 Å². The van der Waals surface area contributed by atoms with Crippen molar-refractivity contribution in [2.45, 2.75) is 25.2 Å². The van der Waals surface area contributed by atoms with Gasteiger partial charge in [-0.1, -0.05) is 0 Å². The summed E-state index contributed by atoms with van der Waals surface area (Å²) in [7, 11) is 0. The lowest BCUT2D eigenvalue weighted by atomic mass is 9.87. The van der Waals surface area contributed by atoms with E-state index in [0.29, 0.717) is 13.2 Å². The molecule has 0 radical (unpaired) electrons. The fraction of sp³-hybridized carbons (Fsp3) is 0.500. The summed E-state index contributed by atoms with van der Waals surface area (Å²) >= 11 is 0. The van der Waals surface area contributed by atoms with E-state index in [4.69, 9.17) is 4.74 Å². The van der Waals surface area contributed by atoms with Gasteiger partial charge >= 0.3 is 0 Å². The molecule has 18 heavy (non-hydrogen) atoms. The molecule has 3 nitrogen and oxygen atoms in total. The van der Waals surface area contributed by atoms with E-state index in [1.165, 1.54) is 12.1 Å². The van der Waals surface area contributed by atoms with Crippen LogP contribution in [0.2, 0.25) is 0 Å². The lowest BCUT2D eigenvalue weighted by Crippen LogP contribution is -2.30. The molecule has 96 valence electrons. The van der Waals surface area contributed by atoms with E-state index < -0.39 is 0 Å². The first-order valence-electron chi connectivity index (χ1n) is 6.38. The number of nitrogens with one attached hydrogen (secondary N) is 1. The lowest BCUT2D eigenvalue weighted by molar-refractivity contribution is -0.122. The number of fused-ring (bicyclic) bond motifs is 2. The average molecular weight is 249 g/mol. The van der Waals surface area contributed by atoms with Gasteiger partial charge < -0.3 is 10.1 Å². The maximum atomic E-state index is 13.4. The average Bonchev–Trinajstić information content (AvgIpc) is 3.06. The minimum Gasteiger partial charge on any atom is -0.493 e. The summed E-state index contributed by atoms with van der Waals surface area (Å²) in [5.74, 6) is 0.520.